The first-order chi connectivity index (χ1) is 12.7. The Morgan fingerprint density at radius 3 is 2.65 bits per heavy atom. The van der Waals surface area contributed by atoms with E-state index in [1.807, 2.05) is 24.2 Å². The third-order valence-corrected chi connectivity index (χ3v) is 7.71. The third kappa shape index (κ3) is 2.60. The maximum absolute atomic E-state index is 7.25. The number of rotatable bonds is 4. The lowest BCUT2D eigenvalue weighted by Gasteiger charge is -2.46. The van der Waals surface area contributed by atoms with Crippen molar-refractivity contribution in [1.82, 2.24) is 15.3 Å². The quantitative estimate of drug-likeness (QED) is 0.814. The summed E-state index contributed by atoms with van der Waals surface area (Å²) in [6, 6.07) is 8.67. The Hall–Kier alpha value is -1.43. The van der Waals surface area contributed by atoms with Crippen LogP contribution in [-0.2, 0) is 12.0 Å². The van der Waals surface area contributed by atoms with Crippen LogP contribution in [-0.4, -0.2) is 28.8 Å². The Labute approximate surface area is 159 Å². The van der Waals surface area contributed by atoms with E-state index in [-0.39, 0.29) is 5.41 Å². The summed E-state index contributed by atoms with van der Waals surface area (Å²) >= 11 is 1.83. The Balaban J connectivity index is 1.52. The predicted octanol–water partition coefficient (Wildman–Crippen LogP) is 3.11. The number of hydrogen-bond donors (Lipinski definition) is 2. The highest BCUT2D eigenvalue weighted by Crippen LogP contribution is 2.56. The van der Waals surface area contributed by atoms with Gasteiger partial charge in [-0.05, 0) is 62.2 Å². The smallest absolute Gasteiger partial charge is 0.114 e. The molecule has 1 saturated heterocycles. The van der Waals surface area contributed by atoms with Gasteiger partial charge >= 0.3 is 0 Å². The fourth-order valence-corrected chi connectivity index (χ4v) is 5.81. The molecule has 5 heteroatoms. The number of thioether (sulfide) groups is 1. The normalized spacial score (nSPS) is 26.8. The van der Waals surface area contributed by atoms with Crippen molar-refractivity contribution in [2.45, 2.75) is 42.7 Å². The molecule has 2 aliphatic carbocycles. The van der Waals surface area contributed by atoms with E-state index in [1.165, 1.54) is 29.7 Å². The van der Waals surface area contributed by atoms with E-state index in [0.29, 0.717) is 0 Å². The van der Waals surface area contributed by atoms with Crippen LogP contribution in [0.1, 0.15) is 42.5 Å². The van der Waals surface area contributed by atoms with Crippen LogP contribution in [0.2, 0.25) is 0 Å². The molecule has 26 heavy (non-hydrogen) atoms. The van der Waals surface area contributed by atoms with Gasteiger partial charge in [0.1, 0.15) is 5.03 Å². The van der Waals surface area contributed by atoms with Crippen molar-refractivity contribution in [2.24, 2.45) is 17.1 Å². The fraction of sp³-hybridized carbons (Fsp3) is 0.524. The Kier molecular flexibility index (Phi) is 4.07. The monoisotopic (exact) mass is 366 g/mol. The number of hydrogen-bond acceptors (Lipinski definition) is 5. The standard InChI is InChI=1S/C21H26N4S/c22-21(18-12-25-19(13-24-18)26-14-15-5-6-15)17-4-2-1-3-16(17)11-20(21)7-9-23-10-8-20/h1-4,12-13,15,23H,5-11,14,22H2. The fourth-order valence-electron chi connectivity index (χ4n) is 4.82. The van der Waals surface area contributed by atoms with Crippen LogP contribution < -0.4 is 11.1 Å². The average molecular weight is 367 g/mol. The molecule has 5 rings (SSSR count). The van der Waals surface area contributed by atoms with Gasteiger partial charge < -0.3 is 11.1 Å². The van der Waals surface area contributed by atoms with Gasteiger partial charge in [0, 0.05) is 11.2 Å². The summed E-state index contributed by atoms with van der Waals surface area (Å²) in [7, 11) is 0. The van der Waals surface area contributed by atoms with Crippen molar-refractivity contribution < 1.29 is 0 Å². The Morgan fingerprint density at radius 1 is 1.12 bits per heavy atom. The molecule has 0 radical (unpaired) electrons. The summed E-state index contributed by atoms with van der Waals surface area (Å²) in [5.74, 6) is 2.06. The van der Waals surface area contributed by atoms with Crippen LogP contribution in [0.3, 0.4) is 0 Å². The van der Waals surface area contributed by atoms with E-state index in [0.717, 1.165) is 49.0 Å². The van der Waals surface area contributed by atoms with Crippen molar-refractivity contribution in [3.63, 3.8) is 0 Å². The SMILES string of the molecule is NC1(c2cnc(SCC3CC3)cn2)c2ccccc2CC12CCNCC2. The van der Waals surface area contributed by atoms with Crippen LogP contribution >= 0.6 is 11.8 Å². The molecule has 2 heterocycles. The maximum Gasteiger partial charge on any atom is 0.114 e. The molecule has 2 fully saturated rings. The van der Waals surface area contributed by atoms with Gasteiger partial charge in [0.2, 0.25) is 0 Å². The highest BCUT2D eigenvalue weighted by Gasteiger charge is 2.57. The van der Waals surface area contributed by atoms with Gasteiger partial charge in [0.05, 0.1) is 23.6 Å². The Bertz CT molecular complexity index is 796. The first-order valence-corrected chi connectivity index (χ1v) is 10.7. The van der Waals surface area contributed by atoms with Gasteiger partial charge in [-0.3, -0.25) is 4.98 Å². The van der Waals surface area contributed by atoms with Gasteiger partial charge in [-0.2, -0.15) is 0 Å². The summed E-state index contributed by atoms with van der Waals surface area (Å²) in [6.45, 7) is 2.05. The van der Waals surface area contributed by atoms with Crippen LogP contribution in [0, 0.1) is 11.3 Å². The minimum absolute atomic E-state index is 0.0410. The van der Waals surface area contributed by atoms with Crippen molar-refractivity contribution in [1.29, 1.82) is 0 Å². The molecule has 1 saturated carbocycles. The third-order valence-electron chi connectivity index (χ3n) is 6.56. The topological polar surface area (TPSA) is 63.8 Å². The number of nitrogens with two attached hydrogens (primary N) is 1. The number of piperidine rings is 1. The molecule has 136 valence electrons. The first-order valence-electron chi connectivity index (χ1n) is 9.75. The highest BCUT2D eigenvalue weighted by atomic mass is 32.2. The van der Waals surface area contributed by atoms with Crippen LogP contribution in [0.4, 0.5) is 0 Å². The van der Waals surface area contributed by atoms with E-state index in [9.17, 15) is 0 Å². The molecule has 0 amide bonds. The zero-order valence-electron chi connectivity index (χ0n) is 15.1. The summed E-state index contributed by atoms with van der Waals surface area (Å²) in [6.07, 6.45) is 9.83. The zero-order chi connectivity index (χ0) is 17.6. The lowest BCUT2D eigenvalue weighted by atomic mass is 9.63. The van der Waals surface area contributed by atoms with Gasteiger partial charge in [-0.15, -0.1) is 11.8 Å². The highest BCUT2D eigenvalue weighted by molar-refractivity contribution is 7.99. The molecular formula is C21H26N4S. The largest absolute Gasteiger partial charge is 0.317 e. The van der Waals surface area contributed by atoms with Gasteiger partial charge in [-0.1, -0.05) is 24.3 Å². The molecule has 1 aliphatic heterocycles. The van der Waals surface area contributed by atoms with Crippen molar-refractivity contribution in [2.75, 3.05) is 18.8 Å². The Morgan fingerprint density at radius 2 is 1.92 bits per heavy atom. The van der Waals surface area contributed by atoms with Crippen LogP contribution in [0.15, 0.2) is 41.7 Å². The number of benzene rings is 1. The van der Waals surface area contributed by atoms with Crippen molar-refractivity contribution in [3.8, 4) is 0 Å². The molecule has 1 atom stereocenters. The van der Waals surface area contributed by atoms with E-state index in [2.05, 4.69) is 29.6 Å². The molecule has 2 aromatic rings. The van der Waals surface area contributed by atoms with Crippen molar-refractivity contribution in [3.05, 3.63) is 53.5 Å². The zero-order valence-corrected chi connectivity index (χ0v) is 15.9. The van der Waals surface area contributed by atoms with Crippen LogP contribution in [0.25, 0.3) is 0 Å². The summed E-state index contributed by atoms with van der Waals surface area (Å²) < 4.78 is 0. The molecule has 3 N–H and O–H groups in total. The van der Waals surface area contributed by atoms with Gasteiger partial charge in [0.15, 0.2) is 0 Å². The minimum atomic E-state index is -0.543. The summed E-state index contributed by atoms with van der Waals surface area (Å²) in [5.41, 5.74) is 10.3. The summed E-state index contributed by atoms with van der Waals surface area (Å²) in [5, 5.41) is 4.52. The second-order valence-electron chi connectivity index (χ2n) is 8.17. The first kappa shape index (κ1) is 16.7. The number of nitrogens with zero attached hydrogens (tertiary/aromatic N) is 2. The molecule has 1 spiro atoms. The lowest BCUT2D eigenvalue weighted by Crippen LogP contribution is -2.55. The summed E-state index contributed by atoms with van der Waals surface area (Å²) in [4.78, 5) is 9.57. The second kappa shape index (κ2) is 6.32. The van der Waals surface area contributed by atoms with E-state index < -0.39 is 5.54 Å². The molecular weight excluding hydrogens is 340 g/mol. The molecule has 3 aliphatic rings. The molecule has 1 aromatic carbocycles. The molecule has 1 aromatic heterocycles. The molecule has 4 nitrogen and oxygen atoms in total. The van der Waals surface area contributed by atoms with Crippen LogP contribution in [0.5, 0.6) is 0 Å². The van der Waals surface area contributed by atoms with Gasteiger partial charge in [-0.25, -0.2) is 4.98 Å². The van der Waals surface area contributed by atoms with E-state index in [4.69, 9.17) is 15.7 Å². The maximum atomic E-state index is 7.25. The number of nitrogens with one attached hydrogen (secondary N) is 1. The van der Waals surface area contributed by atoms with E-state index in [1.54, 1.807) is 0 Å². The minimum Gasteiger partial charge on any atom is -0.317 e. The average Bonchev–Trinajstić information content (AvgIpc) is 3.48. The lowest BCUT2D eigenvalue weighted by molar-refractivity contribution is 0.117. The molecule has 1 unspecified atom stereocenters. The number of aromatic nitrogens is 2. The van der Waals surface area contributed by atoms with E-state index >= 15 is 0 Å². The van der Waals surface area contributed by atoms with Gasteiger partial charge in [0.25, 0.3) is 0 Å². The van der Waals surface area contributed by atoms with Crippen molar-refractivity contribution >= 4 is 11.8 Å². The second-order valence-corrected chi connectivity index (χ2v) is 9.21. The molecule has 0 bridgehead atoms. The predicted molar refractivity (Wildman–Crippen MR) is 105 cm³/mol. The number of fused-ring (bicyclic) bond motifs is 1.